The molecule has 2 rings (SSSR count). The fourth-order valence-corrected chi connectivity index (χ4v) is 5.50. The number of nitrogens with one attached hydrogen (secondary N) is 1. The van der Waals surface area contributed by atoms with Crippen LogP contribution in [0.1, 0.15) is 25.7 Å². The molecule has 0 unspecified atom stereocenters. The lowest BCUT2D eigenvalue weighted by Gasteiger charge is -2.15. The number of hydrogen-bond donors (Lipinski definition) is 2. The summed E-state index contributed by atoms with van der Waals surface area (Å²) >= 11 is 5.96. The predicted octanol–water partition coefficient (Wildman–Crippen LogP) is 1.42. The van der Waals surface area contributed by atoms with Gasteiger partial charge in [0.2, 0.25) is 10.0 Å². The van der Waals surface area contributed by atoms with E-state index in [9.17, 15) is 16.8 Å². The van der Waals surface area contributed by atoms with Crippen molar-refractivity contribution in [3.05, 3.63) is 17.2 Å². The minimum atomic E-state index is -4.16. The fourth-order valence-electron chi connectivity index (χ4n) is 2.52. The summed E-state index contributed by atoms with van der Waals surface area (Å²) in [6.45, 7) is 0. The van der Waals surface area contributed by atoms with Gasteiger partial charge in [-0.15, -0.1) is 4.40 Å². The number of nitrogen functional groups attached to an aromatic ring is 1. The largest absolute Gasteiger partial charge is 0.398 e. The van der Waals surface area contributed by atoms with E-state index < -0.39 is 24.9 Å². The van der Waals surface area contributed by atoms with Crippen molar-refractivity contribution in [1.82, 2.24) is 9.62 Å². The number of hydrogen-bond acceptors (Lipinski definition) is 5. The average molecular weight is 409 g/mol. The minimum Gasteiger partial charge on any atom is -0.398 e. The van der Waals surface area contributed by atoms with Gasteiger partial charge in [0.05, 0.1) is 10.7 Å². The molecule has 8 nitrogen and oxygen atoms in total. The van der Waals surface area contributed by atoms with Crippen LogP contribution in [0.3, 0.4) is 0 Å². The molecule has 1 aromatic rings. The van der Waals surface area contributed by atoms with E-state index in [1.807, 2.05) is 0 Å². The van der Waals surface area contributed by atoms with Gasteiger partial charge in [0.15, 0.2) is 0 Å². The molecular weight excluding hydrogens is 388 g/mol. The molecular formula is C14H21ClN4O4S2. The van der Waals surface area contributed by atoms with Gasteiger partial charge in [0, 0.05) is 20.1 Å². The van der Waals surface area contributed by atoms with Gasteiger partial charge < -0.3 is 10.6 Å². The second kappa shape index (κ2) is 7.48. The molecule has 1 saturated carbocycles. The third-order valence-electron chi connectivity index (χ3n) is 3.73. The lowest BCUT2D eigenvalue weighted by Crippen LogP contribution is -2.33. The number of anilines is 1. The second-order valence-corrected chi connectivity index (χ2v) is 9.77. The maximum atomic E-state index is 12.6. The third kappa shape index (κ3) is 4.84. The molecule has 0 atom stereocenters. The Hall–Kier alpha value is -1.36. The zero-order chi connectivity index (χ0) is 18.8. The van der Waals surface area contributed by atoms with E-state index in [2.05, 4.69) is 9.12 Å². The number of sulfonamides is 2. The lowest BCUT2D eigenvalue weighted by atomic mass is 10.3. The summed E-state index contributed by atoms with van der Waals surface area (Å²) in [6.07, 6.45) is 4.47. The normalized spacial score (nSPS) is 16.6. The highest BCUT2D eigenvalue weighted by Crippen LogP contribution is 2.31. The minimum absolute atomic E-state index is 0.119. The van der Waals surface area contributed by atoms with Gasteiger partial charge in [0.1, 0.15) is 16.1 Å². The van der Waals surface area contributed by atoms with Gasteiger partial charge in [-0.25, -0.2) is 13.1 Å². The monoisotopic (exact) mass is 408 g/mol. The average Bonchev–Trinajstić information content (AvgIpc) is 2.96. The number of halogens is 1. The summed E-state index contributed by atoms with van der Waals surface area (Å²) in [5.74, 6) is 0. The molecule has 0 heterocycles. The van der Waals surface area contributed by atoms with Crippen LogP contribution < -0.4 is 10.5 Å². The lowest BCUT2D eigenvalue weighted by molar-refractivity contribution is 0.552. The van der Waals surface area contributed by atoms with Crippen LogP contribution in [0.25, 0.3) is 0 Å². The molecule has 0 aromatic heterocycles. The summed E-state index contributed by atoms with van der Waals surface area (Å²) in [6, 6.07) is 1.90. The number of nitrogens with zero attached hydrogens (tertiary/aromatic N) is 2. The first-order valence-electron chi connectivity index (χ1n) is 7.61. The van der Waals surface area contributed by atoms with Crippen molar-refractivity contribution in [2.75, 3.05) is 19.8 Å². The Balaban J connectivity index is 2.47. The molecule has 1 fully saturated rings. The summed E-state index contributed by atoms with van der Waals surface area (Å²) in [5, 5.41) is -0.187. The molecule has 0 amide bonds. The smallest absolute Gasteiger partial charge is 0.285 e. The van der Waals surface area contributed by atoms with Gasteiger partial charge in [0.25, 0.3) is 10.0 Å². The van der Waals surface area contributed by atoms with E-state index in [1.54, 1.807) is 14.1 Å². The highest BCUT2D eigenvalue weighted by atomic mass is 35.5. The Morgan fingerprint density at radius 3 is 2.36 bits per heavy atom. The molecule has 0 spiro atoms. The zero-order valence-electron chi connectivity index (χ0n) is 13.9. The van der Waals surface area contributed by atoms with Crippen molar-refractivity contribution in [2.45, 2.75) is 41.5 Å². The molecule has 11 heteroatoms. The first-order chi connectivity index (χ1) is 11.5. The quantitative estimate of drug-likeness (QED) is 0.417. The van der Waals surface area contributed by atoms with Crippen molar-refractivity contribution < 1.29 is 16.8 Å². The topological polar surface area (TPSA) is 122 Å². The van der Waals surface area contributed by atoms with Gasteiger partial charge in [-0.2, -0.15) is 8.42 Å². The highest BCUT2D eigenvalue weighted by Gasteiger charge is 2.28. The van der Waals surface area contributed by atoms with Crippen LogP contribution >= 0.6 is 11.6 Å². The van der Waals surface area contributed by atoms with E-state index in [0.29, 0.717) is 0 Å². The molecule has 1 aliphatic rings. The molecule has 0 radical (unpaired) electrons. The molecule has 0 bridgehead atoms. The van der Waals surface area contributed by atoms with Crippen LogP contribution in [-0.2, 0) is 20.0 Å². The van der Waals surface area contributed by atoms with Crippen molar-refractivity contribution in [2.24, 2.45) is 4.40 Å². The van der Waals surface area contributed by atoms with Crippen LogP contribution in [0.2, 0.25) is 5.02 Å². The first-order valence-corrected chi connectivity index (χ1v) is 10.9. The summed E-state index contributed by atoms with van der Waals surface area (Å²) in [4.78, 5) is 0.706. The zero-order valence-corrected chi connectivity index (χ0v) is 16.3. The van der Waals surface area contributed by atoms with Crippen molar-refractivity contribution >= 4 is 43.7 Å². The molecule has 3 N–H and O–H groups in total. The predicted molar refractivity (Wildman–Crippen MR) is 97.8 cm³/mol. The van der Waals surface area contributed by atoms with Crippen LogP contribution in [-0.4, -0.2) is 48.2 Å². The second-order valence-electron chi connectivity index (χ2n) is 6.08. The Labute approximate surface area is 153 Å². The van der Waals surface area contributed by atoms with Crippen molar-refractivity contribution in [3.63, 3.8) is 0 Å². The molecule has 140 valence electrons. The van der Waals surface area contributed by atoms with E-state index >= 15 is 0 Å². The van der Waals surface area contributed by atoms with Gasteiger partial charge in [-0.3, -0.25) is 0 Å². The van der Waals surface area contributed by atoms with Gasteiger partial charge in [-0.1, -0.05) is 24.4 Å². The highest BCUT2D eigenvalue weighted by molar-refractivity contribution is 7.91. The summed E-state index contributed by atoms with van der Waals surface area (Å²) in [5.41, 5.74) is 5.65. The Kier molecular flexibility index (Phi) is 5.97. The van der Waals surface area contributed by atoms with Crippen LogP contribution in [0.4, 0.5) is 5.69 Å². The molecule has 25 heavy (non-hydrogen) atoms. The molecule has 1 aliphatic carbocycles. The van der Waals surface area contributed by atoms with E-state index in [-0.39, 0.29) is 21.6 Å². The molecule has 0 aliphatic heterocycles. The van der Waals surface area contributed by atoms with Crippen molar-refractivity contribution in [3.8, 4) is 0 Å². The third-order valence-corrected chi connectivity index (χ3v) is 6.99. The number of rotatable bonds is 6. The first kappa shape index (κ1) is 20.0. The SMILES string of the molecule is CN(C)C=NS(=O)(=O)c1cc(S(=O)(=O)NC2CCCC2)c(N)cc1Cl. The fraction of sp³-hybridized carbons (Fsp3) is 0.500. The maximum absolute atomic E-state index is 12.6. The van der Waals surface area contributed by atoms with Crippen molar-refractivity contribution in [1.29, 1.82) is 0 Å². The van der Waals surface area contributed by atoms with E-state index in [0.717, 1.165) is 44.2 Å². The Morgan fingerprint density at radius 1 is 1.20 bits per heavy atom. The maximum Gasteiger partial charge on any atom is 0.285 e. The molecule has 1 aromatic carbocycles. The Morgan fingerprint density at radius 2 is 1.80 bits per heavy atom. The van der Waals surface area contributed by atoms with Crippen LogP contribution in [0.15, 0.2) is 26.3 Å². The molecule has 0 saturated heterocycles. The van der Waals surface area contributed by atoms with Gasteiger partial charge in [-0.05, 0) is 25.0 Å². The van der Waals surface area contributed by atoms with Crippen LogP contribution in [0, 0.1) is 0 Å². The summed E-state index contributed by atoms with van der Waals surface area (Å²) < 4.78 is 55.9. The number of benzene rings is 1. The van der Waals surface area contributed by atoms with Crippen LogP contribution in [0.5, 0.6) is 0 Å². The standard InChI is InChI=1S/C14H21ClN4O4S2/c1-19(2)9-17-24(20,21)13-8-14(12(16)7-11(13)15)25(22,23)18-10-5-3-4-6-10/h7-10,18H,3-6,16H2,1-2H3. The Bertz CT molecular complexity index is 876. The summed E-state index contributed by atoms with van der Waals surface area (Å²) in [7, 11) is -4.93. The van der Waals surface area contributed by atoms with E-state index in [1.165, 1.54) is 4.90 Å². The van der Waals surface area contributed by atoms with Gasteiger partial charge >= 0.3 is 0 Å². The number of nitrogens with two attached hydrogens (primary N) is 1. The van der Waals surface area contributed by atoms with E-state index in [4.69, 9.17) is 17.3 Å².